The number of ether oxygens (including phenoxy) is 1. The molecule has 0 spiro atoms. The molecule has 176 valence electrons. The number of halogens is 1. The second kappa shape index (κ2) is 14.2. The SMILES string of the molecule is CCNC(=NCC(c1cccc(OC)c1)N1CCCC1)NCC1CCCN(CC)C1.I. The molecule has 0 saturated carbocycles. The summed E-state index contributed by atoms with van der Waals surface area (Å²) in [6, 6.07) is 8.78. The predicted molar refractivity (Wildman–Crippen MR) is 141 cm³/mol. The lowest BCUT2D eigenvalue weighted by atomic mass is 9.98. The Morgan fingerprint density at radius 3 is 2.68 bits per heavy atom. The molecule has 2 N–H and O–H groups in total. The zero-order chi connectivity index (χ0) is 21.2. The zero-order valence-electron chi connectivity index (χ0n) is 19.6. The van der Waals surface area contributed by atoms with Gasteiger partial charge in [0.25, 0.3) is 0 Å². The van der Waals surface area contributed by atoms with Crippen LogP contribution in [0.25, 0.3) is 0 Å². The Hall–Kier alpha value is -1.06. The molecule has 31 heavy (non-hydrogen) atoms. The molecular formula is C24H42IN5O. The number of aliphatic imine (C=N–C) groups is 1. The smallest absolute Gasteiger partial charge is 0.191 e. The number of piperidine rings is 1. The average molecular weight is 544 g/mol. The lowest BCUT2D eigenvalue weighted by Crippen LogP contribution is -2.44. The van der Waals surface area contributed by atoms with Crippen molar-refractivity contribution in [3.63, 3.8) is 0 Å². The number of nitrogens with zero attached hydrogens (tertiary/aromatic N) is 3. The number of guanidine groups is 1. The Morgan fingerprint density at radius 1 is 1.16 bits per heavy atom. The molecule has 0 radical (unpaired) electrons. The van der Waals surface area contributed by atoms with Gasteiger partial charge >= 0.3 is 0 Å². The van der Waals surface area contributed by atoms with Crippen molar-refractivity contribution in [1.29, 1.82) is 0 Å². The van der Waals surface area contributed by atoms with Crippen molar-refractivity contribution in [2.45, 2.75) is 45.6 Å². The van der Waals surface area contributed by atoms with E-state index in [-0.39, 0.29) is 24.0 Å². The standard InChI is InChI=1S/C24H41N5O.HI/c1-4-25-24(26-17-20-10-9-13-28(5-2)19-20)27-18-23(29-14-6-7-15-29)21-11-8-12-22(16-21)30-3;/h8,11-12,16,20,23H,4-7,9-10,13-15,17-19H2,1-3H3,(H2,25,26,27);1H. The second-order valence-electron chi connectivity index (χ2n) is 8.54. The highest BCUT2D eigenvalue weighted by atomic mass is 127. The number of methoxy groups -OCH3 is 1. The van der Waals surface area contributed by atoms with E-state index in [0.29, 0.717) is 12.0 Å². The molecule has 3 rings (SSSR count). The van der Waals surface area contributed by atoms with Gasteiger partial charge in [0, 0.05) is 19.6 Å². The predicted octanol–water partition coefficient (Wildman–Crippen LogP) is 3.74. The van der Waals surface area contributed by atoms with Gasteiger partial charge in [-0.15, -0.1) is 24.0 Å². The van der Waals surface area contributed by atoms with Crippen LogP contribution in [0.3, 0.4) is 0 Å². The molecule has 1 aromatic rings. The number of hydrogen-bond donors (Lipinski definition) is 2. The number of nitrogens with one attached hydrogen (secondary N) is 2. The number of rotatable bonds is 9. The first-order valence-corrected chi connectivity index (χ1v) is 11.9. The van der Waals surface area contributed by atoms with Crippen LogP contribution in [0.2, 0.25) is 0 Å². The lowest BCUT2D eigenvalue weighted by Gasteiger charge is -2.32. The van der Waals surface area contributed by atoms with Crippen molar-refractivity contribution in [3.05, 3.63) is 29.8 Å². The molecule has 0 aliphatic carbocycles. The van der Waals surface area contributed by atoms with Crippen LogP contribution in [0.4, 0.5) is 0 Å². The molecule has 0 aromatic heterocycles. The zero-order valence-corrected chi connectivity index (χ0v) is 21.9. The molecule has 0 amide bonds. The summed E-state index contributed by atoms with van der Waals surface area (Å²) in [5.74, 6) is 2.57. The van der Waals surface area contributed by atoms with Crippen LogP contribution in [0.15, 0.2) is 29.3 Å². The molecule has 7 heteroatoms. The van der Waals surface area contributed by atoms with Gasteiger partial charge in [-0.2, -0.15) is 0 Å². The minimum atomic E-state index is 0. The van der Waals surface area contributed by atoms with Gasteiger partial charge in [0.05, 0.1) is 19.7 Å². The molecule has 2 saturated heterocycles. The van der Waals surface area contributed by atoms with Crippen molar-refractivity contribution in [2.75, 3.05) is 59.5 Å². The monoisotopic (exact) mass is 543 g/mol. The fourth-order valence-corrected chi connectivity index (χ4v) is 4.70. The summed E-state index contributed by atoms with van der Waals surface area (Å²) in [6.07, 6.45) is 5.17. The minimum absolute atomic E-state index is 0. The van der Waals surface area contributed by atoms with Gasteiger partial charge in [0.2, 0.25) is 0 Å². The van der Waals surface area contributed by atoms with E-state index in [1.807, 2.05) is 6.07 Å². The van der Waals surface area contributed by atoms with Gasteiger partial charge in [-0.05, 0) is 82.4 Å². The lowest BCUT2D eigenvalue weighted by molar-refractivity contribution is 0.183. The van der Waals surface area contributed by atoms with Gasteiger partial charge in [-0.3, -0.25) is 9.89 Å². The molecular weight excluding hydrogens is 501 g/mol. The van der Waals surface area contributed by atoms with E-state index >= 15 is 0 Å². The first-order valence-electron chi connectivity index (χ1n) is 11.9. The van der Waals surface area contributed by atoms with Gasteiger partial charge in [-0.1, -0.05) is 19.1 Å². The molecule has 2 fully saturated rings. The maximum absolute atomic E-state index is 5.47. The molecule has 2 unspecified atom stereocenters. The van der Waals surface area contributed by atoms with E-state index in [1.54, 1.807) is 7.11 Å². The van der Waals surface area contributed by atoms with E-state index in [1.165, 1.54) is 44.3 Å². The quantitative estimate of drug-likeness (QED) is 0.283. The normalized spacial score (nSPS) is 21.4. The third kappa shape index (κ3) is 8.09. The van der Waals surface area contributed by atoms with E-state index in [4.69, 9.17) is 9.73 Å². The molecule has 2 heterocycles. The van der Waals surface area contributed by atoms with Gasteiger partial charge in [0.1, 0.15) is 5.75 Å². The molecule has 1 aromatic carbocycles. The number of likely N-dealkylation sites (tertiary alicyclic amines) is 2. The summed E-state index contributed by atoms with van der Waals surface area (Å²) in [6.45, 7) is 12.9. The van der Waals surface area contributed by atoms with Crippen LogP contribution in [0, 0.1) is 5.92 Å². The van der Waals surface area contributed by atoms with Gasteiger partial charge in [0.15, 0.2) is 5.96 Å². The molecule has 2 aliphatic rings. The number of hydrogen-bond acceptors (Lipinski definition) is 4. The maximum Gasteiger partial charge on any atom is 0.191 e. The Morgan fingerprint density at radius 2 is 1.97 bits per heavy atom. The van der Waals surface area contributed by atoms with E-state index in [9.17, 15) is 0 Å². The maximum atomic E-state index is 5.47. The third-order valence-corrected chi connectivity index (χ3v) is 6.44. The molecule has 2 atom stereocenters. The van der Waals surface area contributed by atoms with E-state index in [0.717, 1.165) is 51.0 Å². The van der Waals surface area contributed by atoms with Crippen LogP contribution >= 0.6 is 24.0 Å². The summed E-state index contributed by atoms with van der Waals surface area (Å²) < 4.78 is 5.47. The van der Waals surface area contributed by atoms with Crippen molar-refractivity contribution >= 4 is 29.9 Å². The highest BCUT2D eigenvalue weighted by Crippen LogP contribution is 2.28. The van der Waals surface area contributed by atoms with Crippen LogP contribution < -0.4 is 15.4 Å². The summed E-state index contributed by atoms with van der Waals surface area (Å²) in [4.78, 5) is 10.1. The fourth-order valence-electron chi connectivity index (χ4n) is 4.70. The summed E-state index contributed by atoms with van der Waals surface area (Å²) in [5, 5.41) is 7.07. The highest BCUT2D eigenvalue weighted by Gasteiger charge is 2.24. The fraction of sp³-hybridized carbons (Fsp3) is 0.708. The van der Waals surface area contributed by atoms with Crippen molar-refractivity contribution in [1.82, 2.24) is 20.4 Å². The van der Waals surface area contributed by atoms with Crippen LogP contribution in [-0.2, 0) is 0 Å². The Bertz CT molecular complexity index is 665. The Balaban J connectivity index is 0.00000341. The second-order valence-corrected chi connectivity index (χ2v) is 8.54. The summed E-state index contributed by atoms with van der Waals surface area (Å²) in [5.41, 5.74) is 1.29. The average Bonchev–Trinajstić information content (AvgIpc) is 3.32. The first-order chi connectivity index (χ1) is 14.7. The van der Waals surface area contributed by atoms with Crippen molar-refractivity contribution in [3.8, 4) is 5.75 Å². The van der Waals surface area contributed by atoms with Crippen molar-refractivity contribution < 1.29 is 4.74 Å². The molecule has 2 aliphatic heterocycles. The first kappa shape index (κ1) is 26.2. The topological polar surface area (TPSA) is 52.1 Å². The highest BCUT2D eigenvalue weighted by molar-refractivity contribution is 14.0. The van der Waals surface area contributed by atoms with Crippen LogP contribution in [-0.4, -0.2) is 75.2 Å². The van der Waals surface area contributed by atoms with E-state index in [2.05, 4.69) is 52.5 Å². The minimum Gasteiger partial charge on any atom is -0.497 e. The van der Waals surface area contributed by atoms with Gasteiger partial charge in [-0.25, -0.2) is 0 Å². The molecule has 6 nitrogen and oxygen atoms in total. The van der Waals surface area contributed by atoms with E-state index < -0.39 is 0 Å². The third-order valence-electron chi connectivity index (χ3n) is 6.44. The van der Waals surface area contributed by atoms with Crippen molar-refractivity contribution in [2.24, 2.45) is 10.9 Å². The Kier molecular flexibility index (Phi) is 12.0. The van der Waals surface area contributed by atoms with Crippen LogP contribution in [0.5, 0.6) is 5.75 Å². The molecule has 0 bridgehead atoms. The van der Waals surface area contributed by atoms with Gasteiger partial charge < -0.3 is 20.3 Å². The Labute approximate surface area is 206 Å². The summed E-state index contributed by atoms with van der Waals surface area (Å²) in [7, 11) is 1.74. The number of benzene rings is 1. The summed E-state index contributed by atoms with van der Waals surface area (Å²) >= 11 is 0. The van der Waals surface area contributed by atoms with Crippen LogP contribution in [0.1, 0.15) is 51.1 Å². The largest absolute Gasteiger partial charge is 0.497 e.